The Balaban J connectivity index is 1.74. The van der Waals surface area contributed by atoms with E-state index in [0.29, 0.717) is 54.8 Å². The lowest BCUT2D eigenvalue weighted by Crippen LogP contribution is -2.49. The van der Waals surface area contributed by atoms with Crippen molar-refractivity contribution < 1.29 is 14.3 Å². The summed E-state index contributed by atoms with van der Waals surface area (Å²) in [4.78, 5) is 34.1. The van der Waals surface area contributed by atoms with Crippen molar-refractivity contribution in [2.45, 2.75) is 13.8 Å². The minimum atomic E-state index is -0.305. The van der Waals surface area contributed by atoms with Gasteiger partial charge in [-0.25, -0.2) is 9.78 Å². The molecule has 3 rings (SSSR count). The molecule has 2 aromatic rings. The van der Waals surface area contributed by atoms with Crippen molar-refractivity contribution >= 4 is 29.4 Å². The van der Waals surface area contributed by atoms with E-state index >= 15 is 0 Å². The van der Waals surface area contributed by atoms with Gasteiger partial charge in [-0.2, -0.15) is 5.26 Å². The zero-order valence-corrected chi connectivity index (χ0v) is 20.1. The Bertz CT molecular complexity index is 1070. The molecule has 1 aliphatic heterocycles. The molecule has 1 fully saturated rings. The number of hydrogen-bond donors (Lipinski definition) is 0. The molecule has 1 aromatic carbocycles. The molecule has 1 aliphatic rings. The lowest BCUT2D eigenvalue weighted by molar-refractivity contribution is 0.0827. The maximum atomic E-state index is 12.2. The summed E-state index contributed by atoms with van der Waals surface area (Å²) in [5.41, 5.74) is 2.36. The van der Waals surface area contributed by atoms with E-state index in [9.17, 15) is 14.9 Å². The van der Waals surface area contributed by atoms with Crippen LogP contribution in [-0.2, 0) is 4.74 Å². The number of anilines is 1. The Kier molecular flexibility index (Phi) is 7.77. The Morgan fingerprint density at radius 2 is 1.88 bits per heavy atom. The largest absolute Gasteiger partial charge is 0.449 e. The second-order valence-corrected chi connectivity index (χ2v) is 8.95. The van der Waals surface area contributed by atoms with Crippen molar-refractivity contribution in [1.29, 1.82) is 5.26 Å². The Morgan fingerprint density at radius 1 is 1.18 bits per heavy atom. The Hall–Kier alpha value is -3.31. The fourth-order valence-corrected chi connectivity index (χ4v) is 3.75. The topological polar surface area (TPSA) is 89.8 Å². The highest BCUT2D eigenvalue weighted by molar-refractivity contribution is 6.34. The predicted molar refractivity (Wildman–Crippen MR) is 127 cm³/mol. The number of carbonyl (C=O) groups excluding carboxylic acids is 2. The van der Waals surface area contributed by atoms with Gasteiger partial charge < -0.3 is 19.4 Å². The summed E-state index contributed by atoms with van der Waals surface area (Å²) in [5.74, 6) is 0.697. The average Bonchev–Trinajstić information content (AvgIpc) is 2.81. The van der Waals surface area contributed by atoms with Crippen LogP contribution in [0.3, 0.4) is 0 Å². The second kappa shape index (κ2) is 10.5. The van der Waals surface area contributed by atoms with Crippen LogP contribution in [0.5, 0.6) is 0 Å². The van der Waals surface area contributed by atoms with Crippen LogP contribution in [0.15, 0.2) is 30.5 Å². The summed E-state index contributed by atoms with van der Waals surface area (Å²) in [5, 5.41) is 10.1. The lowest BCUT2D eigenvalue weighted by atomic mass is 10.0. The van der Waals surface area contributed by atoms with E-state index in [2.05, 4.69) is 11.1 Å². The van der Waals surface area contributed by atoms with Gasteiger partial charge in [-0.1, -0.05) is 31.5 Å². The monoisotopic (exact) mass is 469 g/mol. The van der Waals surface area contributed by atoms with Crippen LogP contribution >= 0.6 is 11.6 Å². The fourth-order valence-electron chi connectivity index (χ4n) is 3.49. The number of amides is 2. The van der Waals surface area contributed by atoms with Crippen LogP contribution in [0.2, 0.25) is 5.02 Å². The third-order valence-corrected chi connectivity index (χ3v) is 5.62. The molecule has 2 heterocycles. The van der Waals surface area contributed by atoms with Gasteiger partial charge in [-0.15, -0.1) is 0 Å². The number of aromatic nitrogens is 1. The average molecular weight is 470 g/mol. The smallest absolute Gasteiger partial charge is 0.409 e. The highest BCUT2D eigenvalue weighted by Gasteiger charge is 2.25. The van der Waals surface area contributed by atoms with E-state index in [1.54, 1.807) is 49.5 Å². The van der Waals surface area contributed by atoms with Crippen molar-refractivity contribution in [2.24, 2.45) is 5.92 Å². The van der Waals surface area contributed by atoms with E-state index in [1.807, 2.05) is 18.7 Å². The van der Waals surface area contributed by atoms with Crippen LogP contribution in [0.25, 0.3) is 11.1 Å². The van der Waals surface area contributed by atoms with E-state index in [0.717, 1.165) is 11.1 Å². The molecular formula is C24H28ClN5O3. The number of rotatable bonds is 5. The van der Waals surface area contributed by atoms with Gasteiger partial charge in [0.15, 0.2) is 0 Å². The van der Waals surface area contributed by atoms with Crippen LogP contribution in [-0.4, -0.2) is 73.7 Å². The molecule has 0 unspecified atom stereocenters. The summed E-state index contributed by atoms with van der Waals surface area (Å²) in [6.45, 7) is 6.51. The summed E-state index contributed by atoms with van der Waals surface area (Å²) in [6.07, 6.45) is 1.39. The number of piperazine rings is 1. The van der Waals surface area contributed by atoms with Gasteiger partial charge in [-0.05, 0) is 29.7 Å². The molecule has 0 spiro atoms. The normalized spacial score (nSPS) is 13.6. The molecule has 0 N–H and O–H groups in total. The fraction of sp³-hybridized carbons (Fsp3) is 0.417. The van der Waals surface area contributed by atoms with Crippen LogP contribution in [0, 0.1) is 17.2 Å². The summed E-state index contributed by atoms with van der Waals surface area (Å²) >= 11 is 6.34. The first-order chi connectivity index (χ1) is 15.7. The molecule has 1 aromatic heterocycles. The van der Waals surface area contributed by atoms with Gasteiger partial charge in [0.1, 0.15) is 11.9 Å². The third-order valence-electron chi connectivity index (χ3n) is 5.30. The number of pyridine rings is 1. The maximum Gasteiger partial charge on any atom is 0.409 e. The highest BCUT2D eigenvalue weighted by atomic mass is 35.5. The number of nitriles is 1. The first-order valence-electron chi connectivity index (χ1n) is 10.8. The van der Waals surface area contributed by atoms with E-state index in [4.69, 9.17) is 16.3 Å². The second-order valence-electron chi connectivity index (χ2n) is 8.55. The first-order valence-corrected chi connectivity index (χ1v) is 11.2. The SMILES string of the molecule is CC(C)COC(=O)N1CCN(c2ncc(-c3ccc(C(=O)N(C)C)c(Cl)c3)cc2C#N)CC1. The molecular weight excluding hydrogens is 442 g/mol. The van der Waals surface area contributed by atoms with Crippen LogP contribution < -0.4 is 4.90 Å². The highest BCUT2D eigenvalue weighted by Crippen LogP contribution is 2.29. The molecule has 0 saturated carbocycles. The number of halogens is 1. The molecule has 1 saturated heterocycles. The third kappa shape index (κ3) is 5.74. The molecule has 0 radical (unpaired) electrons. The van der Waals surface area contributed by atoms with Crippen molar-refractivity contribution in [3.8, 4) is 17.2 Å². The molecule has 0 aliphatic carbocycles. The zero-order valence-electron chi connectivity index (χ0n) is 19.3. The number of ether oxygens (including phenoxy) is 1. The van der Waals surface area contributed by atoms with Gasteiger partial charge >= 0.3 is 6.09 Å². The Labute approximate surface area is 199 Å². The van der Waals surface area contributed by atoms with E-state index in [1.165, 1.54) is 4.90 Å². The molecule has 8 nitrogen and oxygen atoms in total. The van der Waals surface area contributed by atoms with Crippen molar-refractivity contribution in [1.82, 2.24) is 14.8 Å². The quantitative estimate of drug-likeness (QED) is 0.659. The molecule has 0 atom stereocenters. The lowest BCUT2D eigenvalue weighted by Gasteiger charge is -2.35. The summed E-state index contributed by atoms with van der Waals surface area (Å²) in [6, 6.07) is 9.17. The Morgan fingerprint density at radius 3 is 2.45 bits per heavy atom. The standard InChI is InChI=1S/C24H28ClN5O3/c1-16(2)15-33-24(32)30-9-7-29(8-10-30)22-18(13-26)11-19(14-27-22)17-5-6-20(21(25)12-17)23(31)28(3)4/h5-6,11-12,14,16H,7-10,15H2,1-4H3. The molecule has 33 heavy (non-hydrogen) atoms. The van der Waals surface area contributed by atoms with Crippen LogP contribution in [0.1, 0.15) is 29.8 Å². The van der Waals surface area contributed by atoms with Gasteiger partial charge in [0, 0.05) is 52.0 Å². The van der Waals surface area contributed by atoms with Gasteiger partial charge in [-0.3, -0.25) is 4.79 Å². The molecule has 9 heteroatoms. The number of benzene rings is 1. The summed E-state index contributed by atoms with van der Waals surface area (Å²) in [7, 11) is 3.34. The van der Waals surface area contributed by atoms with E-state index < -0.39 is 0 Å². The number of hydrogen-bond acceptors (Lipinski definition) is 6. The molecule has 0 bridgehead atoms. The molecule has 174 valence electrons. The number of carbonyl (C=O) groups is 2. The van der Waals surface area contributed by atoms with Crippen molar-refractivity contribution in [3.63, 3.8) is 0 Å². The van der Waals surface area contributed by atoms with Crippen molar-refractivity contribution in [3.05, 3.63) is 46.6 Å². The van der Waals surface area contributed by atoms with Gasteiger partial charge in [0.05, 0.1) is 22.8 Å². The predicted octanol–water partition coefficient (Wildman–Crippen LogP) is 3.89. The zero-order chi connectivity index (χ0) is 24.1. The molecule has 2 amide bonds. The number of nitrogens with zero attached hydrogens (tertiary/aromatic N) is 5. The maximum absolute atomic E-state index is 12.2. The van der Waals surface area contributed by atoms with Gasteiger partial charge in [0.25, 0.3) is 5.91 Å². The summed E-state index contributed by atoms with van der Waals surface area (Å²) < 4.78 is 5.31. The van der Waals surface area contributed by atoms with Crippen molar-refractivity contribution in [2.75, 3.05) is 51.8 Å². The minimum Gasteiger partial charge on any atom is -0.449 e. The van der Waals surface area contributed by atoms with E-state index in [-0.39, 0.29) is 17.9 Å². The van der Waals surface area contributed by atoms with Gasteiger partial charge in [0.2, 0.25) is 0 Å². The minimum absolute atomic E-state index is 0.176. The first kappa shape index (κ1) is 24.3. The van der Waals surface area contributed by atoms with Crippen LogP contribution in [0.4, 0.5) is 10.6 Å².